The number of hydrogen-bond acceptors (Lipinski definition) is 3. The molecule has 0 spiro atoms. The van der Waals surface area contributed by atoms with E-state index in [1.807, 2.05) is 0 Å². The van der Waals surface area contributed by atoms with Gasteiger partial charge in [0, 0.05) is 25.3 Å². The molecule has 1 fully saturated rings. The van der Waals surface area contributed by atoms with Crippen LogP contribution in [0, 0.1) is 5.92 Å². The van der Waals surface area contributed by atoms with Crippen LogP contribution in [0.1, 0.15) is 23.2 Å². The van der Waals surface area contributed by atoms with Crippen molar-refractivity contribution in [3.8, 4) is 0 Å². The number of halogens is 2. The van der Waals surface area contributed by atoms with Crippen LogP contribution in [-0.2, 0) is 4.74 Å². The number of nitrogens with zero attached hydrogens (tertiary/aromatic N) is 1. The molecule has 2 rings (SSSR count). The highest BCUT2D eigenvalue weighted by molar-refractivity contribution is 6.33. The van der Waals surface area contributed by atoms with E-state index in [2.05, 4.69) is 10.3 Å². The molecular formula is C12H14Cl2N2O2. The Morgan fingerprint density at radius 2 is 2.17 bits per heavy atom. The Balaban J connectivity index is 1.83. The molecule has 1 unspecified atom stereocenters. The summed E-state index contributed by atoms with van der Waals surface area (Å²) in [6.45, 7) is 2.25. The second-order valence-corrected chi connectivity index (χ2v) is 5.05. The van der Waals surface area contributed by atoms with E-state index < -0.39 is 0 Å². The van der Waals surface area contributed by atoms with Crippen LogP contribution < -0.4 is 5.32 Å². The second-order valence-electron chi connectivity index (χ2n) is 4.28. The number of rotatable bonds is 4. The van der Waals surface area contributed by atoms with E-state index in [1.165, 1.54) is 12.1 Å². The molecule has 1 aliphatic heterocycles. The van der Waals surface area contributed by atoms with Gasteiger partial charge in [-0.15, -0.1) is 0 Å². The zero-order chi connectivity index (χ0) is 13.0. The number of hydrogen-bond donors (Lipinski definition) is 1. The number of carbonyl (C=O) groups is 1. The highest BCUT2D eigenvalue weighted by Gasteiger charge is 2.15. The third-order valence-electron chi connectivity index (χ3n) is 2.89. The number of amides is 1. The largest absolute Gasteiger partial charge is 0.381 e. The van der Waals surface area contributed by atoms with Crippen LogP contribution in [0.2, 0.25) is 10.3 Å². The quantitative estimate of drug-likeness (QED) is 0.867. The first kappa shape index (κ1) is 13.6. The highest BCUT2D eigenvalue weighted by atomic mass is 35.5. The summed E-state index contributed by atoms with van der Waals surface area (Å²) < 4.78 is 5.27. The molecule has 0 aromatic carbocycles. The zero-order valence-corrected chi connectivity index (χ0v) is 11.3. The van der Waals surface area contributed by atoms with Crippen LogP contribution in [0.15, 0.2) is 12.1 Å². The molecule has 1 atom stereocenters. The predicted molar refractivity (Wildman–Crippen MR) is 70.1 cm³/mol. The van der Waals surface area contributed by atoms with E-state index in [-0.39, 0.29) is 16.2 Å². The van der Waals surface area contributed by atoms with E-state index in [1.54, 1.807) is 0 Å². The molecule has 1 aromatic heterocycles. The van der Waals surface area contributed by atoms with E-state index in [9.17, 15) is 4.79 Å². The normalized spacial score (nSPS) is 18.9. The second kappa shape index (κ2) is 6.36. The van der Waals surface area contributed by atoms with Crippen molar-refractivity contribution in [3.63, 3.8) is 0 Å². The maximum atomic E-state index is 11.8. The fraction of sp³-hybridized carbons (Fsp3) is 0.500. The fourth-order valence-corrected chi connectivity index (χ4v) is 2.36. The van der Waals surface area contributed by atoms with Crippen LogP contribution in [0.4, 0.5) is 0 Å². The Morgan fingerprint density at radius 3 is 2.78 bits per heavy atom. The molecule has 0 bridgehead atoms. The summed E-state index contributed by atoms with van der Waals surface area (Å²) in [7, 11) is 0. The third kappa shape index (κ3) is 3.83. The minimum atomic E-state index is -0.180. The highest BCUT2D eigenvalue weighted by Crippen LogP contribution is 2.16. The summed E-state index contributed by atoms with van der Waals surface area (Å²) in [5, 5.41) is 3.28. The van der Waals surface area contributed by atoms with Gasteiger partial charge < -0.3 is 10.1 Å². The summed E-state index contributed by atoms with van der Waals surface area (Å²) in [6, 6.07) is 3.00. The molecule has 0 saturated carbocycles. The summed E-state index contributed by atoms with van der Waals surface area (Å²) in [5.74, 6) is 0.370. The molecule has 1 N–H and O–H groups in total. The first-order valence-corrected chi connectivity index (χ1v) is 6.60. The fourth-order valence-electron chi connectivity index (χ4n) is 1.90. The first-order chi connectivity index (χ1) is 8.65. The van der Waals surface area contributed by atoms with Crippen molar-refractivity contribution >= 4 is 29.1 Å². The van der Waals surface area contributed by atoms with Crippen LogP contribution >= 0.6 is 23.2 Å². The van der Waals surface area contributed by atoms with Crippen molar-refractivity contribution in [2.45, 2.75) is 12.8 Å². The molecule has 0 radical (unpaired) electrons. The molecule has 0 aliphatic carbocycles. The number of carbonyl (C=O) groups excluding carboxylic acids is 1. The molecular weight excluding hydrogens is 275 g/mol. The monoisotopic (exact) mass is 288 g/mol. The summed E-state index contributed by atoms with van der Waals surface area (Å²) in [5.41, 5.74) is 0.433. The van der Waals surface area contributed by atoms with E-state index in [4.69, 9.17) is 27.9 Å². The maximum Gasteiger partial charge on any atom is 0.251 e. The van der Waals surface area contributed by atoms with Crippen molar-refractivity contribution in [2.75, 3.05) is 19.8 Å². The smallest absolute Gasteiger partial charge is 0.251 e. The standard InChI is InChI=1S/C12H14Cl2N2O2/c13-10-5-9(6-11(14)16-10)12(17)15-3-1-8-2-4-18-7-8/h5-6,8H,1-4,7H2,(H,15,17). The number of ether oxygens (including phenoxy) is 1. The van der Waals surface area contributed by atoms with Crippen LogP contribution in [0.25, 0.3) is 0 Å². The molecule has 1 amide bonds. The summed E-state index contributed by atoms with van der Waals surface area (Å²) >= 11 is 11.5. The van der Waals surface area contributed by atoms with Crippen molar-refractivity contribution in [3.05, 3.63) is 28.0 Å². The van der Waals surface area contributed by atoms with Crippen molar-refractivity contribution < 1.29 is 9.53 Å². The van der Waals surface area contributed by atoms with Gasteiger partial charge in [0.25, 0.3) is 5.91 Å². The van der Waals surface area contributed by atoms with Gasteiger partial charge >= 0.3 is 0 Å². The van der Waals surface area contributed by atoms with Gasteiger partial charge in [0.1, 0.15) is 10.3 Å². The lowest BCUT2D eigenvalue weighted by Crippen LogP contribution is -2.26. The SMILES string of the molecule is O=C(NCCC1CCOC1)c1cc(Cl)nc(Cl)c1. The van der Waals surface area contributed by atoms with Gasteiger partial charge in [-0.3, -0.25) is 4.79 Å². The summed E-state index contributed by atoms with van der Waals surface area (Å²) in [4.78, 5) is 15.6. The third-order valence-corrected chi connectivity index (χ3v) is 3.27. The van der Waals surface area contributed by atoms with E-state index in [0.29, 0.717) is 18.0 Å². The van der Waals surface area contributed by atoms with Gasteiger partial charge in [-0.1, -0.05) is 23.2 Å². The van der Waals surface area contributed by atoms with Crippen LogP contribution in [0.3, 0.4) is 0 Å². The molecule has 1 saturated heterocycles. The topological polar surface area (TPSA) is 51.2 Å². The lowest BCUT2D eigenvalue weighted by Gasteiger charge is -2.09. The van der Waals surface area contributed by atoms with Crippen molar-refractivity contribution in [1.82, 2.24) is 10.3 Å². The zero-order valence-electron chi connectivity index (χ0n) is 9.79. The van der Waals surface area contributed by atoms with Gasteiger partial charge in [0.05, 0.1) is 0 Å². The van der Waals surface area contributed by atoms with E-state index in [0.717, 1.165) is 26.1 Å². The predicted octanol–water partition coefficient (Wildman–Crippen LogP) is 2.54. The van der Waals surface area contributed by atoms with Crippen molar-refractivity contribution in [1.29, 1.82) is 0 Å². The Kier molecular flexibility index (Phi) is 4.80. The minimum Gasteiger partial charge on any atom is -0.381 e. The lowest BCUT2D eigenvalue weighted by atomic mass is 10.1. The average molecular weight is 289 g/mol. The molecule has 1 aliphatic rings. The van der Waals surface area contributed by atoms with Gasteiger partial charge in [0.2, 0.25) is 0 Å². The first-order valence-electron chi connectivity index (χ1n) is 5.84. The Bertz CT molecular complexity index is 414. The minimum absolute atomic E-state index is 0.180. The molecule has 6 heteroatoms. The van der Waals surface area contributed by atoms with E-state index >= 15 is 0 Å². The molecule has 4 nitrogen and oxygen atoms in total. The Morgan fingerprint density at radius 1 is 1.44 bits per heavy atom. The Hall–Kier alpha value is -0.840. The lowest BCUT2D eigenvalue weighted by molar-refractivity contribution is 0.0950. The molecule has 1 aromatic rings. The molecule has 18 heavy (non-hydrogen) atoms. The maximum absolute atomic E-state index is 11.8. The number of pyridine rings is 1. The summed E-state index contributed by atoms with van der Waals surface area (Å²) in [6.07, 6.45) is 2.00. The number of nitrogens with one attached hydrogen (secondary N) is 1. The Labute approximate surface area is 116 Å². The van der Waals surface area contributed by atoms with Gasteiger partial charge in [-0.2, -0.15) is 0 Å². The average Bonchev–Trinajstić information content (AvgIpc) is 2.80. The molecule has 2 heterocycles. The van der Waals surface area contributed by atoms with Crippen molar-refractivity contribution in [2.24, 2.45) is 5.92 Å². The van der Waals surface area contributed by atoms with Gasteiger partial charge in [-0.05, 0) is 30.9 Å². The van der Waals surface area contributed by atoms with Gasteiger partial charge in [0.15, 0.2) is 0 Å². The van der Waals surface area contributed by atoms with Gasteiger partial charge in [-0.25, -0.2) is 4.98 Å². The van der Waals surface area contributed by atoms with Crippen LogP contribution in [0.5, 0.6) is 0 Å². The van der Waals surface area contributed by atoms with Crippen LogP contribution in [-0.4, -0.2) is 30.6 Å². The molecule has 98 valence electrons. The number of aromatic nitrogens is 1.